The Kier molecular flexibility index (Phi) is 7.57. The number of carbonyl (C=O) groups excluding carboxylic acids is 4. The van der Waals surface area contributed by atoms with Crippen LogP contribution in [0.3, 0.4) is 0 Å². The number of hydrogen-bond donors (Lipinski definition) is 2. The fraction of sp³-hybridized carbons (Fsp3) is 0.412. The van der Waals surface area contributed by atoms with Crippen molar-refractivity contribution in [2.45, 2.75) is 13.0 Å². The standard InChI is InChI=1S/C17H21NO8/c1-9(12(15(21)24-2)16(22)25-3)13(17(23)26-4)18-14(20)10-6-5-7-11(19)8-10/h5-9,12-13,19H,1-4H3,(H,18,20)/t9-,13-/m0/s1. The number of benzene rings is 1. The molecule has 9 heteroatoms. The lowest BCUT2D eigenvalue weighted by Crippen LogP contribution is -2.51. The minimum Gasteiger partial charge on any atom is -0.508 e. The van der Waals surface area contributed by atoms with Crippen LogP contribution in [0.5, 0.6) is 5.75 Å². The van der Waals surface area contributed by atoms with Crippen LogP contribution in [-0.2, 0) is 28.6 Å². The van der Waals surface area contributed by atoms with Crippen LogP contribution >= 0.6 is 0 Å². The van der Waals surface area contributed by atoms with Gasteiger partial charge in [0.2, 0.25) is 0 Å². The van der Waals surface area contributed by atoms with Crippen LogP contribution in [0.1, 0.15) is 17.3 Å². The second-order valence-electron chi connectivity index (χ2n) is 5.41. The maximum absolute atomic E-state index is 12.4. The van der Waals surface area contributed by atoms with E-state index >= 15 is 0 Å². The highest BCUT2D eigenvalue weighted by molar-refractivity contribution is 5.99. The normalized spacial score (nSPS) is 12.7. The molecule has 2 N–H and O–H groups in total. The van der Waals surface area contributed by atoms with Gasteiger partial charge in [0.25, 0.3) is 5.91 Å². The summed E-state index contributed by atoms with van der Waals surface area (Å²) < 4.78 is 13.8. The summed E-state index contributed by atoms with van der Waals surface area (Å²) in [7, 11) is 3.28. The molecule has 1 rings (SSSR count). The molecule has 0 aromatic heterocycles. The number of esters is 3. The van der Waals surface area contributed by atoms with E-state index in [4.69, 9.17) is 0 Å². The van der Waals surface area contributed by atoms with Crippen molar-refractivity contribution >= 4 is 23.8 Å². The van der Waals surface area contributed by atoms with Crippen molar-refractivity contribution in [2.24, 2.45) is 11.8 Å². The monoisotopic (exact) mass is 367 g/mol. The highest BCUT2D eigenvalue weighted by Crippen LogP contribution is 2.21. The topological polar surface area (TPSA) is 128 Å². The highest BCUT2D eigenvalue weighted by atomic mass is 16.5. The van der Waals surface area contributed by atoms with Crippen molar-refractivity contribution in [1.82, 2.24) is 5.32 Å². The first-order chi connectivity index (χ1) is 12.3. The van der Waals surface area contributed by atoms with Gasteiger partial charge in [-0.2, -0.15) is 0 Å². The second kappa shape index (κ2) is 9.40. The summed E-state index contributed by atoms with van der Waals surface area (Å²) in [5.74, 6) is -5.99. The number of ether oxygens (including phenoxy) is 3. The summed E-state index contributed by atoms with van der Waals surface area (Å²) >= 11 is 0. The van der Waals surface area contributed by atoms with Gasteiger partial charge in [0.15, 0.2) is 5.92 Å². The van der Waals surface area contributed by atoms with E-state index in [1.54, 1.807) is 0 Å². The molecule has 0 saturated heterocycles. The summed E-state index contributed by atoms with van der Waals surface area (Å²) in [4.78, 5) is 48.4. The molecule has 0 radical (unpaired) electrons. The minimum absolute atomic E-state index is 0.0822. The van der Waals surface area contributed by atoms with Gasteiger partial charge in [-0.05, 0) is 18.2 Å². The van der Waals surface area contributed by atoms with E-state index < -0.39 is 41.7 Å². The number of aromatic hydroxyl groups is 1. The summed E-state index contributed by atoms with van der Waals surface area (Å²) in [6.45, 7) is 1.41. The molecular weight excluding hydrogens is 346 g/mol. The molecule has 0 unspecified atom stereocenters. The molecule has 2 atom stereocenters. The van der Waals surface area contributed by atoms with E-state index in [-0.39, 0.29) is 11.3 Å². The van der Waals surface area contributed by atoms with Crippen LogP contribution in [0, 0.1) is 11.8 Å². The van der Waals surface area contributed by atoms with Crippen molar-refractivity contribution in [3.8, 4) is 5.75 Å². The Hall–Kier alpha value is -3.10. The van der Waals surface area contributed by atoms with Gasteiger partial charge in [-0.3, -0.25) is 14.4 Å². The predicted molar refractivity (Wildman–Crippen MR) is 88.1 cm³/mol. The summed E-state index contributed by atoms with van der Waals surface area (Å²) in [6.07, 6.45) is 0. The average Bonchev–Trinajstić information content (AvgIpc) is 2.64. The van der Waals surface area contributed by atoms with Crippen molar-refractivity contribution in [3.05, 3.63) is 29.8 Å². The number of phenolic OH excluding ortho intramolecular Hbond substituents is 1. The molecule has 1 amide bonds. The first-order valence-electron chi connectivity index (χ1n) is 7.60. The highest BCUT2D eigenvalue weighted by Gasteiger charge is 2.42. The third-order valence-electron chi connectivity index (χ3n) is 3.81. The molecule has 9 nitrogen and oxygen atoms in total. The number of carbonyl (C=O) groups is 4. The molecule has 0 aliphatic rings. The predicted octanol–water partition coefficient (Wildman–Crippen LogP) is 0.262. The SMILES string of the molecule is COC(=O)C(C(=O)OC)[C@H](C)[C@H](NC(=O)c1cccc(O)c1)C(=O)OC. The lowest BCUT2D eigenvalue weighted by atomic mass is 9.87. The first-order valence-corrected chi connectivity index (χ1v) is 7.60. The molecule has 26 heavy (non-hydrogen) atoms. The molecule has 0 heterocycles. The van der Waals surface area contributed by atoms with Gasteiger partial charge in [0.1, 0.15) is 11.8 Å². The third kappa shape index (κ3) is 4.95. The molecule has 0 saturated carbocycles. The van der Waals surface area contributed by atoms with Crippen molar-refractivity contribution in [2.75, 3.05) is 21.3 Å². The van der Waals surface area contributed by atoms with Crippen LogP contribution in [0.2, 0.25) is 0 Å². The van der Waals surface area contributed by atoms with Crippen molar-refractivity contribution in [1.29, 1.82) is 0 Å². The molecule has 0 fully saturated rings. The average molecular weight is 367 g/mol. The molecule has 1 aromatic carbocycles. The van der Waals surface area contributed by atoms with Gasteiger partial charge >= 0.3 is 17.9 Å². The first kappa shape index (κ1) is 20.9. The molecule has 0 aliphatic carbocycles. The van der Waals surface area contributed by atoms with E-state index in [9.17, 15) is 24.3 Å². The Morgan fingerprint density at radius 2 is 1.50 bits per heavy atom. The van der Waals surface area contributed by atoms with Crippen LogP contribution in [-0.4, -0.2) is 56.3 Å². The van der Waals surface area contributed by atoms with Gasteiger partial charge in [0.05, 0.1) is 21.3 Å². The van der Waals surface area contributed by atoms with Crippen LogP contribution in [0.4, 0.5) is 0 Å². The smallest absolute Gasteiger partial charge is 0.328 e. The molecular formula is C17H21NO8. The molecule has 0 spiro atoms. The second-order valence-corrected chi connectivity index (χ2v) is 5.41. The summed E-state index contributed by atoms with van der Waals surface area (Å²) in [6, 6.07) is 4.12. The van der Waals surface area contributed by atoms with E-state index in [0.717, 1.165) is 21.3 Å². The Labute approximate surface area is 150 Å². The lowest BCUT2D eigenvalue weighted by molar-refractivity contribution is -0.162. The Morgan fingerprint density at radius 3 is 1.96 bits per heavy atom. The number of hydrogen-bond acceptors (Lipinski definition) is 8. The molecule has 0 aliphatic heterocycles. The zero-order valence-corrected chi connectivity index (χ0v) is 14.8. The van der Waals surface area contributed by atoms with Crippen molar-refractivity contribution < 1.29 is 38.5 Å². The van der Waals surface area contributed by atoms with Gasteiger partial charge in [-0.1, -0.05) is 13.0 Å². The maximum Gasteiger partial charge on any atom is 0.328 e. The summed E-state index contributed by atoms with van der Waals surface area (Å²) in [5.41, 5.74) is 0.0822. The van der Waals surface area contributed by atoms with E-state index in [1.165, 1.54) is 31.2 Å². The Bertz CT molecular complexity index is 671. The number of rotatable bonds is 7. The largest absolute Gasteiger partial charge is 0.508 e. The molecule has 142 valence electrons. The molecule has 0 bridgehead atoms. The fourth-order valence-corrected chi connectivity index (χ4v) is 2.38. The fourth-order valence-electron chi connectivity index (χ4n) is 2.38. The van der Waals surface area contributed by atoms with Crippen LogP contribution in [0.25, 0.3) is 0 Å². The van der Waals surface area contributed by atoms with Crippen molar-refractivity contribution in [3.63, 3.8) is 0 Å². The number of methoxy groups -OCH3 is 3. The van der Waals surface area contributed by atoms with Gasteiger partial charge < -0.3 is 24.6 Å². The zero-order valence-electron chi connectivity index (χ0n) is 14.8. The Balaban J connectivity index is 3.15. The minimum atomic E-state index is -1.45. The van der Waals surface area contributed by atoms with Crippen LogP contribution in [0.15, 0.2) is 24.3 Å². The van der Waals surface area contributed by atoms with E-state index in [1.807, 2.05) is 0 Å². The van der Waals surface area contributed by atoms with Gasteiger partial charge in [-0.15, -0.1) is 0 Å². The summed E-state index contributed by atoms with van der Waals surface area (Å²) in [5, 5.41) is 11.9. The van der Waals surface area contributed by atoms with Crippen LogP contribution < -0.4 is 5.32 Å². The Morgan fingerprint density at radius 1 is 0.962 bits per heavy atom. The quantitative estimate of drug-likeness (QED) is 0.399. The zero-order chi connectivity index (χ0) is 19.9. The maximum atomic E-state index is 12.4. The number of amides is 1. The van der Waals surface area contributed by atoms with Gasteiger partial charge in [0, 0.05) is 11.5 Å². The molecule has 1 aromatic rings. The van der Waals surface area contributed by atoms with E-state index in [2.05, 4.69) is 19.5 Å². The number of phenols is 1. The number of nitrogens with one attached hydrogen (secondary N) is 1. The van der Waals surface area contributed by atoms with Gasteiger partial charge in [-0.25, -0.2) is 4.79 Å². The third-order valence-corrected chi connectivity index (χ3v) is 3.81. The van der Waals surface area contributed by atoms with E-state index in [0.29, 0.717) is 0 Å². The lowest BCUT2D eigenvalue weighted by Gasteiger charge is -2.27.